The van der Waals surface area contributed by atoms with E-state index in [1.807, 2.05) is 49.4 Å². The van der Waals surface area contributed by atoms with E-state index in [4.69, 9.17) is 9.72 Å². The monoisotopic (exact) mass is 289 g/mol. The van der Waals surface area contributed by atoms with E-state index in [9.17, 15) is 0 Å². The van der Waals surface area contributed by atoms with Crippen molar-refractivity contribution in [1.82, 2.24) is 15.0 Å². The highest BCUT2D eigenvalue weighted by atomic mass is 16.5. The van der Waals surface area contributed by atoms with Gasteiger partial charge in [0, 0.05) is 16.5 Å². The molecule has 2 aromatic heterocycles. The van der Waals surface area contributed by atoms with Gasteiger partial charge in [0.05, 0.1) is 18.5 Å². The van der Waals surface area contributed by atoms with Crippen LogP contribution in [0.25, 0.3) is 33.3 Å². The van der Waals surface area contributed by atoms with E-state index in [2.05, 4.69) is 16.0 Å². The summed E-state index contributed by atoms with van der Waals surface area (Å²) in [5.41, 5.74) is 4.61. The Balaban J connectivity index is 1.88. The Hall–Kier alpha value is -2.88. The quantitative estimate of drug-likeness (QED) is 0.615. The minimum Gasteiger partial charge on any atom is -0.494 e. The fourth-order valence-corrected chi connectivity index (χ4v) is 2.65. The largest absolute Gasteiger partial charge is 0.494 e. The Kier molecular flexibility index (Phi) is 3.00. The first kappa shape index (κ1) is 12.8. The summed E-state index contributed by atoms with van der Waals surface area (Å²) < 4.78 is 5.56. The molecule has 4 rings (SSSR count). The number of aromatic amines is 1. The normalized spacial score (nSPS) is 11.1. The van der Waals surface area contributed by atoms with Crippen LogP contribution in [0.2, 0.25) is 0 Å². The van der Waals surface area contributed by atoms with Gasteiger partial charge in [-0.25, -0.2) is 9.97 Å². The predicted octanol–water partition coefficient (Wildman–Crippen LogP) is 4.18. The lowest BCUT2D eigenvalue weighted by Gasteiger charge is -2.05. The summed E-state index contributed by atoms with van der Waals surface area (Å²) in [5.74, 6) is 0.848. The van der Waals surface area contributed by atoms with Crippen molar-refractivity contribution in [3.63, 3.8) is 0 Å². The van der Waals surface area contributed by atoms with Crippen LogP contribution < -0.4 is 4.74 Å². The molecule has 0 saturated carbocycles. The van der Waals surface area contributed by atoms with Gasteiger partial charge in [0.2, 0.25) is 0 Å². The number of nitrogens with one attached hydrogen (secondary N) is 1. The first-order valence-corrected chi connectivity index (χ1v) is 7.32. The minimum absolute atomic E-state index is 0.649. The molecule has 0 atom stereocenters. The summed E-state index contributed by atoms with van der Waals surface area (Å²) >= 11 is 0. The number of hydrogen-bond donors (Lipinski definition) is 1. The molecule has 0 saturated heterocycles. The standard InChI is InChI=1S/C18H15N3O/c1-2-22-13-7-5-6-12(10-13)16-11-19-18-17(20-16)14-8-3-4-9-15(14)21-18/h3-11H,2H2,1H3,(H,19,21). The maximum absolute atomic E-state index is 5.56. The smallest absolute Gasteiger partial charge is 0.157 e. The van der Waals surface area contributed by atoms with Crippen LogP contribution in [-0.4, -0.2) is 21.6 Å². The van der Waals surface area contributed by atoms with Gasteiger partial charge in [0.1, 0.15) is 11.3 Å². The Morgan fingerprint density at radius 3 is 2.91 bits per heavy atom. The number of rotatable bonds is 3. The van der Waals surface area contributed by atoms with Crippen molar-refractivity contribution in [2.75, 3.05) is 6.61 Å². The number of aromatic nitrogens is 3. The summed E-state index contributed by atoms with van der Waals surface area (Å²) in [6, 6.07) is 16.1. The molecule has 0 aliphatic carbocycles. The summed E-state index contributed by atoms with van der Waals surface area (Å²) in [6.07, 6.45) is 1.79. The average Bonchev–Trinajstić information content (AvgIpc) is 2.93. The lowest BCUT2D eigenvalue weighted by molar-refractivity contribution is 0.340. The van der Waals surface area contributed by atoms with Crippen LogP contribution in [0.15, 0.2) is 54.7 Å². The maximum Gasteiger partial charge on any atom is 0.157 e. The van der Waals surface area contributed by atoms with Crippen molar-refractivity contribution in [2.24, 2.45) is 0 Å². The highest BCUT2D eigenvalue weighted by Crippen LogP contribution is 2.26. The lowest BCUT2D eigenvalue weighted by atomic mass is 10.1. The molecule has 2 heterocycles. The zero-order valence-corrected chi connectivity index (χ0v) is 12.2. The molecule has 1 N–H and O–H groups in total. The lowest BCUT2D eigenvalue weighted by Crippen LogP contribution is -1.92. The number of para-hydroxylation sites is 1. The molecule has 4 heteroatoms. The third-order valence-corrected chi connectivity index (χ3v) is 3.65. The number of nitrogens with zero attached hydrogens (tertiary/aromatic N) is 2. The molecule has 0 fully saturated rings. The fourth-order valence-electron chi connectivity index (χ4n) is 2.65. The van der Waals surface area contributed by atoms with Gasteiger partial charge in [-0.2, -0.15) is 0 Å². The van der Waals surface area contributed by atoms with E-state index in [1.54, 1.807) is 6.20 Å². The highest BCUT2D eigenvalue weighted by Gasteiger charge is 2.09. The van der Waals surface area contributed by atoms with Gasteiger partial charge in [-0.1, -0.05) is 30.3 Å². The molecule has 4 aromatic rings. The molecule has 0 aliphatic rings. The Morgan fingerprint density at radius 2 is 2.00 bits per heavy atom. The first-order valence-electron chi connectivity index (χ1n) is 7.32. The second kappa shape index (κ2) is 5.15. The molecule has 0 spiro atoms. The van der Waals surface area contributed by atoms with E-state index in [-0.39, 0.29) is 0 Å². The van der Waals surface area contributed by atoms with Crippen LogP contribution in [0.5, 0.6) is 5.75 Å². The molecular formula is C18H15N3O. The van der Waals surface area contributed by atoms with Crippen LogP contribution in [0.3, 0.4) is 0 Å². The van der Waals surface area contributed by atoms with E-state index >= 15 is 0 Å². The molecule has 108 valence electrons. The fraction of sp³-hybridized carbons (Fsp3) is 0.111. The van der Waals surface area contributed by atoms with Crippen molar-refractivity contribution < 1.29 is 4.74 Å². The first-order chi connectivity index (χ1) is 10.8. The Bertz CT molecular complexity index is 959. The Morgan fingerprint density at radius 1 is 1.09 bits per heavy atom. The summed E-state index contributed by atoms with van der Waals surface area (Å²) in [7, 11) is 0. The van der Waals surface area contributed by atoms with Crippen molar-refractivity contribution in [3.05, 3.63) is 54.7 Å². The third-order valence-electron chi connectivity index (χ3n) is 3.65. The van der Waals surface area contributed by atoms with Crippen molar-refractivity contribution >= 4 is 22.1 Å². The van der Waals surface area contributed by atoms with Crippen LogP contribution in [-0.2, 0) is 0 Å². The van der Waals surface area contributed by atoms with Gasteiger partial charge < -0.3 is 9.72 Å². The third kappa shape index (κ3) is 2.09. The van der Waals surface area contributed by atoms with E-state index < -0.39 is 0 Å². The SMILES string of the molecule is CCOc1cccc(-c2cnc3[nH]c4ccccc4c3n2)c1. The zero-order chi connectivity index (χ0) is 14.9. The topological polar surface area (TPSA) is 50.8 Å². The molecule has 0 radical (unpaired) electrons. The molecule has 0 aliphatic heterocycles. The number of hydrogen-bond acceptors (Lipinski definition) is 3. The molecular weight excluding hydrogens is 274 g/mol. The molecule has 22 heavy (non-hydrogen) atoms. The van der Waals surface area contributed by atoms with E-state index in [0.717, 1.165) is 39.1 Å². The number of ether oxygens (including phenoxy) is 1. The molecule has 4 nitrogen and oxygen atoms in total. The second-order valence-electron chi connectivity index (χ2n) is 5.08. The maximum atomic E-state index is 5.56. The van der Waals surface area contributed by atoms with Crippen LogP contribution in [0.1, 0.15) is 6.92 Å². The van der Waals surface area contributed by atoms with Crippen molar-refractivity contribution in [3.8, 4) is 17.0 Å². The number of benzene rings is 2. The van der Waals surface area contributed by atoms with Crippen molar-refractivity contribution in [2.45, 2.75) is 6.92 Å². The van der Waals surface area contributed by atoms with Gasteiger partial charge in [0.15, 0.2) is 5.65 Å². The van der Waals surface area contributed by atoms with Gasteiger partial charge in [-0.3, -0.25) is 0 Å². The molecule has 0 unspecified atom stereocenters. The van der Waals surface area contributed by atoms with E-state index in [1.165, 1.54) is 0 Å². The molecule has 2 aromatic carbocycles. The van der Waals surface area contributed by atoms with Gasteiger partial charge >= 0.3 is 0 Å². The summed E-state index contributed by atoms with van der Waals surface area (Å²) in [5, 5.41) is 1.09. The van der Waals surface area contributed by atoms with Gasteiger partial charge in [0.25, 0.3) is 0 Å². The minimum atomic E-state index is 0.649. The van der Waals surface area contributed by atoms with Crippen molar-refractivity contribution in [1.29, 1.82) is 0 Å². The highest BCUT2D eigenvalue weighted by molar-refractivity contribution is 6.03. The second-order valence-corrected chi connectivity index (χ2v) is 5.08. The summed E-state index contributed by atoms with van der Waals surface area (Å²) in [6.45, 7) is 2.63. The van der Waals surface area contributed by atoms with Crippen LogP contribution in [0, 0.1) is 0 Å². The molecule has 0 bridgehead atoms. The van der Waals surface area contributed by atoms with Gasteiger partial charge in [-0.05, 0) is 25.1 Å². The van der Waals surface area contributed by atoms with Crippen LogP contribution >= 0.6 is 0 Å². The van der Waals surface area contributed by atoms with E-state index in [0.29, 0.717) is 6.61 Å². The average molecular weight is 289 g/mol. The predicted molar refractivity (Wildman–Crippen MR) is 88.0 cm³/mol. The van der Waals surface area contributed by atoms with Gasteiger partial charge in [-0.15, -0.1) is 0 Å². The number of fused-ring (bicyclic) bond motifs is 3. The summed E-state index contributed by atoms with van der Waals surface area (Å²) in [4.78, 5) is 12.6. The molecule has 0 amide bonds. The Labute approximate surface area is 127 Å². The van der Waals surface area contributed by atoms with Crippen LogP contribution in [0.4, 0.5) is 0 Å². The number of H-pyrrole nitrogens is 1. The zero-order valence-electron chi connectivity index (χ0n) is 12.2.